The van der Waals surface area contributed by atoms with E-state index in [1.807, 2.05) is 13.0 Å². The Bertz CT molecular complexity index is 558. The van der Waals surface area contributed by atoms with Crippen molar-refractivity contribution in [3.05, 3.63) is 35.4 Å². The number of nitrogens with zero attached hydrogens (tertiary/aromatic N) is 1. The molecule has 1 aromatic carbocycles. The van der Waals surface area contributed by atoms with Gasteiger partial charge in [0.05, 0.1) is 0 Å². The first-order valence-corrected chi connectivity index (χ1v) is 6.54. The number of fused-ring (bicyclic) bond motifs is 1. The molecule has 1 N–H and O–H groups in total. The molecule has 1 heterocycles. The zero-order valence-corrected chi connectivity index (χ0v) is 12.2. The molecule has 0 fully saturated rings. The summed E-state index contributed by atoms with van der Waals surface area (Å²) in [4.78, 5) is 13.1. The molecule has 0 saturated heterocycles. The first-order chi connectivity index (χ1) is 8.75. The van der Waals surface area contributed by atoms with Gasteiger partial charge < -0.3 is 10.0 Å². The normalized spacial score (nSPS) is 21.4. The summed E-state index contributed by atoms with van der Waals surface area (Å²) in [6.45, 7) is 8.53. The van der Waals surface area contributed by atoms with Crippen molar-refractivity contribution in [1.82, 2.24) is 0 Å². The number of anilines is 1. The number of carboxylic acids is 1. The molecule has 19 heavy (non-hydrogen) atoms. The molecule has 1 unspecified atom stereocenters. The van der Waals surface area contributed by atoms with Gasteiger partial charge in [0.2, 0.25) is 0 Å². The van der Waals surface area contributed by atoms with Gasteiger partial charge in [0, 0.05) is 30.3 Å². The lowest BCUT2D eigenvalue weighted by Gasteiger charge is -2.28. The van der Waals surface area contributed by atoms with Gasteiger partial charge in [0.1, 0.15) is 0 Å². The summed E-state index contributed by atoms with van der Waals surface area (Å²) in [5.41, 5.74) is 4.37. The number of carbonyl (C=O) groups is 1. The quantitative estimate of drug-likeness (QED) is 0.828. The summed E-state index contributed by atoms with van der Waals surface area (Å²) in [5, 5.41) is 8.84. The fraction of sp³-hybridized carbons (Fsp3) is 0.438. The zero-order valence-electron chi connectivity index (χ0n) is 12.2. The average Bonchev–Trinajstić information content (AvgIpc) is 2.50. The van der Waals surface area contributed by atoms with Gasteiger partial charge in [-0.1, -0.05) is 19.9 Å². The van der Waals surface area contributed by atoms with E-state index in [0.29, 0.717) is 6.04 Å². The van der Waals surface area contributed by atoms with Crippen LogP contribution >= 0.6 is 0 Å². The lowest BCUT2D eigenvalue weighted by molar-refractivity contribution is -0.131. The van der Waals surface area contributed by atoms with Crippen LogP contribution in [0.3, 0.4) is 0 Å². The molecule has 0 aliphatic carbocycles. The summed E-state index contributed by atoms with van der Waals surface area (Å²) < 4.78 is 0. The molecule has 3 heteroatoms. The van der Waals surface area contributed by atoms with Crippen molar-refractivity contribution in [2.45, 2.75) is 39.2 Å². The number of carboxylic acid groups (broad SMARTS) is 1. The van der Waals surface area contributed by atoms with Gasteiger partial charge >= 0.3 is 5.97 Å². The summed E-state index contributed by atoms with van der Waals surface area (Å²) in [6, 6.07) is 6.65. The topological polar surface area (TPSA) is 40.5 Å². The maximum atomic E-state index is 10.8. The van der Waals surface area contributed by atoms with Gasteiger partial charge in [-0.15, -0.1) is 0 Å². The van der Waals surface area contributed by atoms with Gasteiger partial charge in [-0.3, -0.25) is 0 Å². The molecule has 0 bridgehead atoms. The Morgan fingerprint density at radius 2 is 2.05 bits per heavy atom. The molecular formula is C16H21NO2. The highest BCUT2D eigenvalue weighted by molar-refractivity contribution is 5.89. The van der Waals surface area contributed by atoms with Crippen LogP contribution < -0.4 is 4.90 Å². The highest BCUT2D eigenvalue weighted by Gasteiger charge is 2.40. The Labute approximate surface area is 114 Å². The lowest BCUT2D eigenvalue weighted by atomic mass is 9.80. The number of likely N-dealkylation sites (N-methyl/N-ethyl adjacent to an activating group) is 1. The molecule has 0 aromatic heterocycles. The van der Waals surface area contributed by atoms with Crippen molar-refractivity contribution in [1.29, 1.82) is 0 Å². The Morgan fingerprint density at radius 1 is 1.42 bits per heavy atom. The van der Waals surface area contributed by atoms with Crippen molar-refractivity contribution in [2.24, 2.45) is 0 Å². The third-order valence-corrected chi connectivity index (χ3v) is 4.49. The Kier molecular flexibility index (Phi) is 3.17. The fourth-order valence-electron chi connectivity index (χ4n) is 2.79. The molecular weight excluding hydrogens is 238 g/mol. The van der Waals surface area contributed by atoms with Gasteiger partial charge in [0.15, 0.2) is 0 Å². The van der Waals surface area contributed by atoms with E-state index < -0.39 is 5.97 Å². The maximum Gasteiger partial charge on any atom is 0.328 e. The van der Waals surface area contributed by atoms with Crippen LogP contribution in [-0.2, 0) is 10.2 Å². The first-order valence-electron chi connectivity index (χ1n) is 6.54. The monoisotopic (exact) mass is 259 g/mol. The minimum atomic E-state index is -0.900. The second kappa shape index (κ2) is 4.41. The van der Waals surface area contributed by atoms with Crippen molar-refractivity contribution in [3.8, 4) is 0 Å². The molecule has 102 valence electrons. The number of allylic oxidation sites excluding steroid dienone is 1. The van der Waals surface area contributed by atoms with Crippen molar-refractivity contribution in [3.63, 3.8) is 0 Å². The molecule has 0 amide bonds. The number of rotatable bonds is 2. The smallest absolute Gasteiger partial charge is 0.328 e. The number of aliphatic carboxylic acids is 1. The van der Waals surface area contributed by atoms with E-state index in [1.54, 1.807) is 0 Å². The molecule has 1 aromatic rings. The van der Waals surface area contributed by atoms with Crippen LogP contribution in [0, 0.1) is 0 Å². The van der Waals surface area contributed by atoms with Crippen LogP contribution in [0.2, 0.25) is 0 Å². The average molecular weight is 259 g/mol. The van der Waals surface area contributed by atoms with E-state index in [9.17, 15) is 4.79 Å². The number of hydrogen-bond acceptors (Lipinski definition) is 2. The van der Waals surface area contributed by atoms with E-state index in [-0.39, 0.29) is 5.41 Å². The molecule has 2 rings (SSSR count). The molecule has 0 saturated carbocycles. The Hall–Kier alpha value is -1.77. The summed E-state index contributed by atoms with van der Waals surface area (Å²) >= 11 is 0. The SMILES string of the molecule is C/C(=C\C(=O)O)c1ccc2c(c1)C(C)(C)C(C)N2C. The Morgan fingerprint density at radius 3 is 2.63 bits per heavy atom. The maximum absolute atomic E-state index is 10.8. The summed E-state index contributed by atoms with van der Waals surface area (Å²) in [7, 11) is 2.11. The van der Waals surface area contributed by atoms with Crippen LogP contribution in [0.25, 0.3) is 5.57 Å². The lowest BCUT2D eigenvalue weighted by Crippen LogP contribution is -2.36. The minimum Gasteiger partial charge on any atom is -0.478 e. The molecule has 1 atom stereocenters. The highest BCUT2D eigenvalue weighted by atomic mass is 16.4. The second-order valence-corrected chi connectivity index (χ2v) is 5.91. The van der Waals surface area contributed by atoms with E-state index in [1.165, 1.54) is 17.3 Å². The van der Waals surface area contributed by atoms with E-state index in [4.69, 9.17) is 5.11 Å². The molecule has 0 radical (unpaired) electrons. The third-order valence-electron chi connectivity index (χ3n) is 4.49. The van der Waals surface area contributed by atoms with Gasteiger partial charge in [-0.2, -0.15) is 0 Å². The highest BCUT2D eigenvalue weighted by Crippen LogP contribution is 2.44. The predicted molar refractivity (Wildman–Crippen MR) is 78.6 cm³/mol. The number of benzene rings is 1. The Balaban J connectivity index is 2.52. The van der Waals surface area contributed by atoms with Crippen LogP contribution in [0.5, 0.6) is 0 Å². The van der Waals surface area contributed by atoms with E-state index in [0.717, 1.165) is 11.1 Å². The van der Waals surface area contributed by atoms with E-state index >= 15 is 0 Å². The van der Waals surface area contributed by atoms with Crippen LogP contribution in [0.4, 0.5) is 5.69 Å². The van der Waals surface area contributed by atoms with Crippen molar-refractivity contribution >= 4 is 17.2 Å². The summed E-state index contributed by atoms with van der Waals surface area (Å²) in [5.74, 6) is -0.900. The largest absolute Gasteiger partial charge is 0.478 e. The molecule has 3 nitrogen and oxygen atoms in total. The van der Waals surface area contributed by atoms with Crippen LogP contribution in [0.15, 0.2) is 24.3 Å². The van der Waals surface area contributed by atoms with Gasteiger partial charge in [-0.25, -0.2) is 4.79 Å². The second-order valence-electron chi connectivity index (χ2n) is 5.91. The molecule has 1 aliphatic heterocycles. The van der Waals surface area contributed by atoms with Gasteiger partial charge in [0.25, 0.3) is 0 Å². The molecule has 0 spiro atoms. The standard InChI is InChI=1S/C16H21NO2/c1-10(8-15(18)19)12-6-7-14-13(9-12)16(3,4)11(2)17(14)5/h6-9,11H,1-5H3,(H,18,19)/b10-8+. The first kappa shape index (κ1) is 13.7. The zero-order chi connectivity index (χ0) is 14.4. The van der Waals surface area contributed by atoms with Crippen LogP contribution in [0.1, 0.15) is 38.8 Å². The van der Waals surface area contributed by atoms with Crippen molar-refractivity contribution in [2.75, 3.05) is 11.9 Å². The minimum absolute atomic E-state index is 0.0730. The predicted octanol–water partition coefficient (Wildman–Crippen LogP) is 3.29. The number of hydrogen-bond donors (Lipinski definition) is 1. The van der Waals surface area contributed by atoms with Crippen molar-refractivity contribution < 1.29 is 9.90 Å². The van der Waals surface area contributed by atoms with Gasteiger partial charge in [-0.05, 0) is 42.7 Å². The molecule has 1 aliphatic rings. The van der Waals surface area contributed by atoms with E-state index in [2.05, 4.69) is 44.9 Å². The summed E-state index contributed by atoms with van der Waals surface area (Å²) in [6.07, 6.45) is 1.26. The fourth-order valence-corrected chi connectivity index (χ4v) is 2.79. The third kappa shape index (κ3) is 2.14. The van der Waals surface area contributed by atoms with Crippen LogP contribution in [-0.4, -0.2) is 24.2 Å².